The van der Waals surface area contributed by atoms with Gasteiger partial charge in [0.25, 0.3) is 0 Å². The van der Waals surface area contributed by atoms with Crippen molar-refractivity contribution in [3.8, 4) is 0 Å². The average molecular weight is 370 g/mol. The lowest BCUT2D eigenvalue weighted by Gasteiger charge is -2.05. The normalized spacial score (nSPS) is 10.3. The summed E-state index contributed by atoms with van der Waals surface area (Å²) >= 11 is 3.21. The SMILES string of the molecule is C=Cc1ccc(CSCCOCCSCOC(=O)CC(=O)O)cc1. The molecule has 1 aromatic rings. The summed E-state index contributed by atoms with van der Waals surface area (Å²) in [5, 5.41) is 8.39. The van der Waals surface area contributed by atoms with Crippen molar-refractivity contribution in [2.24, 2.45) is 0 Å². The summed E-state index contributed by atoms with van der Waals surface area (Å²) in [5.41, 5.74) is 2.41. The highest BCUT2D eigenvalue weighted by atomic mass is 32.2. The molecule has 0 amide bonds. The smallest absolute Gasteiger partial charge is 0.317 e. The Labute approximate surface area is 150 Å². The van der Waals surface area contributed by atoms with Gasteiger partial charge in [0.1, 0.15) is 12.4 Å². The summed E-state index contributed by atoms with van der Waals surface area (Å²) in [4.78, 5) is 21.2. The number of esters is 1. The molecule has 0 saturated carbocycles. The quantitative estimate of drug-likeness (QED) is 0.247. The summed E-state index contributed by atoms with van der Waals surface area (Å²) in [6.07, 6.45) is 1.24. The van der Waals surface area contributed by atoms with E-state index in [0.29, 0.717) is 19.0 Å². The van der Waals surface area contributed by atoms with Gasteiger partial charge in [-0.25, -0.2) is 0 Å². The number of carboxylic acids is 1. The van der Waals surface area contributed by atoms with Gasteiger partial charge in [-0.3, -0.25) is 9.59 Å². The molecule has 0 aliphatic heterocycles. The van der Waals surface area contributed by atoms with Gasteiger partial charge in [-0.2, -0.15) is 11.8 Å². The Morgan fingerprint density at radius 3 is 2.42 bits per heavy atom. The highest BCUT2D eigenvalue weighted by Gasteiger charge is 2.07. The number of ether oxygens (including phenoxy) is 2. The van der Waals surface area contributed by atoms with Crippen LogP contribution in [0.4, 0.5) is 0 Å². The van der Waals surface area contributed by atoms with Crippen LogP contribution in [0, 0.1) is 0 Å². The van der Waals surface area contributed by atoms with Crippen LogP contribution in [0.25, 0.3) is 6.08 Å². The first-order valence-electron chi connectivity index (χ1n) is 7.44. The molecule has 0 fully saturated rings. The molecular formula is C17H22O5S2. The van der Waals surface area contributed by atoms with Crippen LogP contribution < -0.4 is 0 Å². The number of hydrogen-bond acceptors (Lipinski definition) is 6. The van der Waals surface area contributed by atoms with Crippen molar-refractivity contribution in [2.45, 2.75) is 12.2 Å². The van der Waals surface area contributed by atoms with Gasteiger partial charge in [-0.1, -0.05) is 36.9 Å². The second kappa shape index (κ2) is 12.9. The monoisotopic (exact) mass is 370 g/mol. The van der Waals surface area contributed by atoms with Crippen LogP contribution in [-0.4, -0.2) is 47.7 Å². The highest BCUT2D eigenvalue weighted by molar-refractivity contribution is 7.99. The molecule has 1 rings (SSSR count). The molecule has 7 heteroatoms. The minimum atomic E-state index is -1.18. The molecule has 0 radical (unpaired) electrons. The zero-order chi connectivity index (χ0) is 17.6. The van der Waals surface area contributed by atoms with E-state index in [1.807, 2.05) is 17.8 Å². The first kappa shape index (κ1) is 20.6. The third-order valence-corrected chi connectivity index (χ3v) is 4.56. The molecule has 0 bridgehead atoms. The number of rotatable bonds is 13. The molecule has 132 valence electrons. The van der Waals surface area contributed by atoms with Crippen molar-refractivity contribution < 1.29 is 24.2 Å². The first-order valence-corrected chi connectivity index (χ1v) is 9.75. The number of carbonyl (C=O) groups is 2. The van der Waals surface area contributed by atoms with Crippen molar-refractivity contribution >= 4 is 41.5 Å². The first-order chi connectivity index (χ1) is 11.6. The molecule has 0 unspecified atom stereocenters. The zero-order valence-corrected chi connectivity index (χ0v) is 15.1. The number of carbonyl (C=O) groups excluding carboxylic acids is 1. The molecule has 0 heterocycles. The Morgan fingerprint density at radius 1 is 1.12 bits per heavy atom. The standard InChI is InChI=1S/C17H22O5S2/c1-2-14-3-5-15(6-4-14)12-23-9-7-21-8-10-24-13-22-17(20)11-16(18)19/h2-6H,1,7-13H2,(H,18,19). The second-order valence-corrected chi connectivity index (χ2v) is 6.88. The Hall–Kier alpha value is -1.44. The number of hydrogen-bond donors (Lipinski definition) is 1. The lowest BCUT2D eigenvalue weighted by molar-refractivity contribution is -0.149. The van der Waals surface area contributed by atoms with E-state index in [0.717, 1.165) is 17.1 Å². The third-order valence-electron chi connectivity index (χ3n) is 2.83. The van der Waals surface area contributed by atoms with Crippen LogP contribution in [0.15, 0.2) is 30.8 Å². The van der Waals surface area contributed by atoms with E-state index in [4.69, 9.17) is 14.6 Å². The molecule has 0 aliphatic rings. The van der Waals surface area contributed by atoms with Crippen molar-refractivity contribution in [1.29, 1.82) is 0 Å². The molecule has 5 nitrogen and oxygen atoms in total. The lowest BCUT2D eigenvalue weighted by atomic mass is 10.1. The van der Waals surface area contributed by atoms with Gasteiger partial charge in [-0.05, 0) is 11.1 Å². The van der Waals surface area contributed by atoms with Crippen LogP contribution >= 0.6 is 23.5 Å². The fraction of sp³-hybridized carbons (Fsp3) is 0.412. The van der Waals surface area contributed by atoms with Crippen molar-refractivity contribution in [3.05, 3.63) is 42.0 Å². The Kier molecular flexibility index (Phi) is 11.1. The van der Waals surface area contributed by atoms with Gasteiger partial charge in [-0.15, -0.1) is 11.8 Å². The van der Waals surface area contributed by atoms with Gasteiger partial charge in [0.2, 0.25) is 0 Å². The van der Waals surface area contributed by atoms with Gasteiger partial charge < -0.3 is 14.6 Å². The predicted octanol–water partition coefficient (Wildman–Crippen LogP) is 3.29. The molecule has 1 aromatic carbocycles. The Balaban J connectivity index is 1.90. The Morgan fingerprint density at radius 2 is 1.79 bits per heavy atom. The van der Waals surface area contributed by atoms with Crippen molar-refractivity contribution in [3.63, 3.8) is 0 Å². The topological polar surface area (TPSA) is 72.8 Å². The predicted molar refractivity (Wildman–Crippen MR) is 99.2 cm³/mol. The molecule has 0 aromatic heterocycles. The van der Waals surface area contributed by atoms with Crippen LogP contribution in [0.3, 0.4) is 0 Å². The van der Waals surface area contributed by atoms with Crippen LogP contribution in [0.2, 0.25) is 0 Å². The fourth-order valence-electron chi connectivity index (χ4n) is 1.62. The van der Waals surface area contributed by atoms with Gasteiger partial charge in [0, 0.05) is 17.3 Å². The minimum Gasteiger partial charge on any atom is -0.481 e. The van der Waals surface area contributed by atoms with Gasteiger partial charge in [0.05, 0.1) is 13.2 Å². The minimum absolute atomic E-state index is 0.158. The van der Waals surface area contributed by atoms with E-state index in [2.05, 4.69) is 30.8 Å². The van der Waals surface area contributed by atoms with Crippen molar-refractivity contribution in [2.75, 3.05) is 30.7 Å². The summed E-state index contributed by atoms with van der Waals surface area (Å²) in [5.74, 6) is 0.839. The molecule has 0 aliphatic carbocycles. The average Bonchev–Trinajstić information content (AvgIpc) is 2.56. The number of benzene rings is 1. The summed E-state index contributed by atoms with van der Waals surface area (Å²) < 4.78 is 10.2. The van der Waals surface area contributed by atoms with Gasteiger partial charge in [0.15, 0.2) is 0 Å². The maximum atomic E-state index is 11.0. The maximum absolute atomic E-state index is 11.0. The molecule has 0 spiro atoms. The number of aliphatic carboxylic acids is 1. The molecule has 1 N–H and O–H groups in total. The van der Waals surface area contributed by atoms with E-state index < -0.39 is 18.4 Å². The highest BCUT2D eigenvalue weighted by Crippen LogP contribution is 2.13. The maximum Gasteiger partial charge on any atom is 0.317 e. The number of carboxylic acid groups (broad SMARTS) is 1. The molecule has 24 heavy (non-hydrogen) atoms. The second-order valence-electron chi connectivity index (χ2n) is 4.72. The number of thioether (sulfide) groups is 2. The lowest BCUT2D eigenvalue weighted by Crippen LogP contribution is -2.10. The van der Waals surface area contributed by atoms with E-state index in [1.165, 1.54) is 17.3 Å². The molecule has 0 saturated heterocycles. The van der Waals surface area contributed by atoms with Crippen molar-refractivity contribution in [1.82, 2.24) is 0 Å². The van der Waals surface area contributed by atoms with E-state index in [9.17, 15) is 9.59 Å². The van der Waals surface area contributed by atoms with Crippen LogP contribution in [0.5, 0.6) is 0 Å². The summed E-state index contributed by atoms with van der Waals surface area (Å²) in [6.45, 7) is 4.99. The Bertz CT molecular complexity index is 516. The molecule has 0 atom stereocenters. The fourth-order valence-corrected chi connectivity index (χ4v) is 3.00. The summed E-state index contributed by atoms with van der Waals surface area (Å²) in [6, 6.07) is 8.32. The zero-order valence-electron chi connectivity index (χ0n) is 13.4. The molecular weight excluding hydrogens is 348 g/mol. The largest absolute Gasteiger partial charge is 0.481 e. The van der Waals surface area contributed by atoms with E-state index >= 15 is 0 Å². The summed E-state index contributed by atoms with van der Waals surface area (Å²) in [7, 11) is 0. The van der Waals surface area contributed by atoms with Gasteiger partial charge >= 0.3 is 11.9 Å². The third kappa shape index (κ3) is 10.4. The van der Waals surface area contributed by atoms with E-state index in [-0.39, 0.29) is 5.94 Å². The van der Waals surface area contributed by atoms with Crippen LogP contribution in [0.1, 0.15) is 17.5 Å². The van der Waals surface area contributed by atoms with E-state index in [1.54, 1.807) is 0 Å². The van der Waals surface area contributed by atoms with Crippen LogP contribution in [-0.2, 0) is 24.8 Å².